The molecule has 0 saturated carbocycles. The van der Waals surface area contributed by atoms with E-state index in [0.29, 0.717) is 45.0 Å². The molecule has 0 saturated heterocycles. The topological polar surface area (TPSA) is 92.3 Å². The highest BCUT2D eigenvalue weighted by molar-refractivity contribution is 6.30. The Morgan fingerprint density at radius 2 is 2.04 bits per heavy atom. The van der Waals surface area contributed by atoms with Crippen molar-refractivity contribution in [1.29, 1.82) is 0 Å². The molecule has 0 aliphatic carbocycles. The van der Waals surface area contributed by atoms with E-state index in [1.54, 1.807) is 30.6 Å². The molecule has 4 rings (SSSR count). The Bertz CT molecular complexity index is 1100. The maximum atomic E-state index is 7.93. The summed E-state index contributed by atoms with van der Waals surface area (Å²) in [4.78, 5) is 22.5. The van der Waals surface area contributed by atoms with Crippen LogP contribution in [0.15, 0.2) is 43.1 Å². The molecule has 0 atom stereocenters. The second kappa shape index (κ2) is 6.62. The minimum Gasteiger partial charge on any atom is -0.362 e. The number of rotatable bonds is 4. The third-order valence-corrected chi connectivity index (χ3v) is 3.85. The number of nitrogens with one attached hydrogen (secondary N) is 2. The van der Waals surface area contributed by atoms with Gasteiger partial charge in [0.1, 0.15) is 5.52 Å². The van der Waals surface area contributed by atoms with Crippen LogP contribution in [0.25, 0.3) is 22.6 Å². The number of aromatic amines is 1. The summed E-state index contributed by atoms with van der Waals surface area (Å²) >= 11 is 12.0. The summed E-state index contributed by atoms with van der Waals surface area (Å²) < 4.78 is 7.93. The van der Waals surface area contributed by atoms with E-state index >= 15 is 0 Å². The lowest BCUT2D eigenvalue weighted by molar-refractivity contribution is 1.03. The second-order valence-corrected chi connectivity index (χ2v) is 6.03. The zero-order chi connectivity index (χ0) is 18.1. The lowest BCUT2D eigenvalue weighted by Crippen LogP contribution is -2.05. The fraction of sp³-hybridized carbons (Fsp3) is 0.0625. The molecule has 0 aliphatic rings. The lowest BCUT2D eigenvalue weighted by Gasteiger charge is -2.08. The average Bonchev–Trinajstić information content (AvgIpc) is 3.01. The van der Waals surface area contributed by atoms with Crippen LogP contribution in [0.4, 0.5) is 5.82 Å². The van der Waals surface area contributed by atoms with Crippen molar-refractivity contribution < 1.29 is 1.41 Å². The fourth-order valence-electron chi connectivity index (χ4n) is 2.30. The number of halogens is 2. The van der Waals surface area contributed by atoms with E-state index in [1.807, 2.05) is 0 Å². The molecule has 0 amide bonds. The molecule has 4 heterocycles. The molecule has 0 spiro atoms. The van der Waals surface area contributed by atoms with Crippen LogP contribution in [-0.4, -0.2) is 29.9 Å². The number of fused-ring (bicyclic) bond motifs is 1. The summed E-state index contributed by atoms with van der Waals surface area (Å²) in [6.45, 7) is 0.394. The Kier molecular flexibility index (Phi) is 3.86. The van der Waals surface area contributed by atoms with Crippen LogP contribution >= 0.6 is 23.2 Å². The van der Waals surface area contributed by atoms with Gasteiger partial charge in [0, 0.05) is 29.2 Å². The van der Waals surface area contributed by atoms with E-state index in [9.17, 15) is 0 Å². The van der Waals surface area contributed by atoms with Crippen molar-refractivity contribution >= 4 is 40.2 Å². The minimum absolute atomic E-state index is 0.372. The summed E-state index contributed by atoms with van der Waals surface area (Å²) in [6, 6.07) is 5.18. The molecule has 4 aromatic heterocycles. The number of hydrogen-bond acceptors (Lipinski definition) is 6. The Morgan fingerprint density at radius 1 is 1.12 bits per heavy atom. The summed E-state index contributed by atoms with van der Waals surface area (Å²) in [6.07, 6.45) is 6.14. The SMILES string of the molecule is [2H]n1cnc2c(NCc3cc(Cl)ccn3)nc(-c3cncc(Cl)c3)nc21. The lowest BCUT2D eigenvalue weighted by atomic mass is 10.2. The van der Waals surface area contributed by atoms with Gasteiger partial charge in [-0.3, -0.25) is 9.97 Å². The van der Waals surface area contributed by atoms with Crippen molar-refractivity contribution in [2.24, 2.45) is 0 Å². The molecule has 0 fully saturated rings. The number of anilines is 1. The zero-order valence-electron chi connectivity index (χ0n) is 13.7. The quantitative estimate of drug-likeness (QED) is 0.566. The number of imidazole rings is 1. The molecule has 0 aliphatic heterocycles. The fourth-order valence-corrected chi connectivity index (χ4v) is 2.66. The standard InChI is InChI=1S/C16H11Cl2N7/c17-10-1-2-20-12(4-10)7-21-15-13-16(23-8-22-13)25-14(24-15)9-3-11(18)6-19-5-9/h1-6,8H,7H2,(H2,21,22,23,24,25)/i/hD. The van der Waals surface area contributed by atoms with E-state index in [4.69, 9.17) is 24.6 Å². The first-order chi connectivity index (χ1) is 12.6. The first-order valence-electron chi connectivity index (χ1n) is 7.74. The highest BCUT2D eigenvalue weighted by Crippen LogP contribution is 2.24. The predicted octanol–water partition coefficient (Wildman–Crippen LogP) is 3.73. The normalized spacial score (nSPS) is 11.5. The molecular weight excluding hydrogens is 361 g/mol. The van der Waals surface area contributed by atoms with Gasteiger partial charge in [-0.1, -0.05) is 23.2 Å². The van der Waals surface area contributed by atoms with Crippen LogP contribution < -0.4 is 5.32 Å². The summed E-state index contributed by atoms with van der Waals surface area (Å²) in [5.41, 5.74) is 2.25. The Labute approximate surface area is 154 Å². The molecule has 2 N–H and O–H groups in total. The molecule has 4 aromatic rings. The summed E-state index contributed by atoms with van der Waals surface area (Å²) in [7, 11) is 0. The monoisotopic (exact) mass is 372 g/mol. The van der Waals surface area contributed by atoms with E-state index in [-0.39, 0.29) is 0 Å². The average molecular weight is 373 g/mol. The maximum absolute atomic E-state index is 7.93. The number of H-pyrrole nitrogens is 1. The van der Waals surface area contributed by atoms with Crippen LogP contribution in [0.3, 0.4) is 0 Å². The number of hydrogen-bond donors (Lipinski definition) is 2. The van der Waals surface area contributed by atoms with Gasteiger partial charge in [-0.05, 0) is 18.2 Å². The molecule has 25 heavy (non-hydrogen) atoms. The first kappa shape index (κ1) is 14.6. The second-order valence-electron chi connectivity index (χ2n) is 5.15. The van der Waals surface area contributed by atoms with Crippen LogP contribution in [0.2, 0.25) is 11.5 Å². The number of pyridine rings is 2. The highest BCUT2D eigenvalue weighted by Gasteiger charge is 2.12. The van der Waals surface area contributed by atoms with Crippen LogP contribution in [0.5, 0.6) is 0 Å². The Hall–Kier alpha value is -2.77. The Morgan fingerprint density at radius 3 is 2.88 bits per heavy atom. The van der Waals surface area contributed by atoms with Crippen molar-refractivity contribution in [3.63, 3.8) is 0 Å². The van der Waals surface area contributed by atoms with E-state index in [1.165, 1.54) is 12.5 Å². The number of aromatic nitrogens is 6. The molecule has 124 valence electrons. The zero-order valence-corrected chi connectivity index (χ0v) is 14.2. The van der Waals surface area contributed by atoms with Crippen molar-refractivity contribution in [1.82, 2.24) is 29.9 Å². The predicted molar refractivity (Wildman–Crippen MR) is 96.5 cm³/mol. The molecule has 0 bridgehead atoms. The van der Waals surface area contributed by atoms with E-state index in [2.05, 4.69) is 30.2 Å². The molecule has 0 unspecified atom stereocenters. The number of nitrogens with zero attached hydrogens (tertiary/aromatic N) is 5. The van der Waals surface area contributed by atoms with Gasteiger partial charge in [0.15, 0.2) is 18.7 Å². The first-order valence-corrected chi connectivity index (χ1v) is 8.05. The third-order valence-electron chi connectivity index (χ3n) is 3.41. The minimum atomic E-state index is 0.372. The molecule has 0 radical (unpaired) electrons. The molecule has 7 nitrogen and oxygen atoms in total. The van der Waals surface area contributed by atoms with Gasteiger partial charge in [-0.25, -0.2) is 15.0 Å². The van der Waals surface area contributed by atoms with Gasteiger partial charge in [-0.15, -0.1) is 0 Å². The van der Waals surface area contributed by atoms with Crippen molar-refractivity contribution in [3.05, 3.63) is 58.9 Å². The van der Waals surface area contributed by atoms with Gasteiger partial charge in [0.25, 0.3) is 0 Å². The van der Waals surface area contributed by atoms with Crippen molar-refractivity contribution in [2.45, 2.75) is 6.54 Å². The Balaban J connectivity index is 1.75. The van der Waals surface area contributed by atoms with Crippen LogP contribution in [0.1, 0.15) is 5.69 Å². The summed E-state index contributed by atoms with van der Waals surface area (Å²) in [5.74, 6) is 0.876. The highest BCUT2D eigenvalue weighted by atomic mass is 35.5. The van der Waals surface area contributed by atoms with Crippen molar-refractivity contribution in [2.75, 3.05) is 5.32 Å². The smallest absolute Gasteiger partial charge is 0.169 e. The maximum Gasteiger partial charge on any atom is 0.169 e. The third kappa shape index (κ3) is 3.38. The summed E-state index contributed by atoms with van der Waals surface area (Å²) in [5, 5.41) is 4.26. The van der Waals surface area contributed by atoms with Crippen LogP contribution in [0, 0.1) is 0 Å². The van der Waals surface area contributed by atoms with Crippen LogP contribution in [-0.2, 0) is 6.54 Å². The van der Waals surface area contributed by atoms with E-state index < -0.39 is 0 Å². The van der Waals surface area contributed by atoms with Gasteiger partial charge in [-0.2, -0.15) is 0 Å². The van der Waals surface area contributed by atoms with Gasteiger partial charge < -0.3 is 10.3 Å². The van der Waals surface area contributed by atoms with Gasteiger partial charge in [0.2, 0.25) is 0 Å². The van der Waals surface area contributed by atoms with Crippen molar-refractivity contribution in [3.8, 4) is 11.4 Å². The van der Waals surface area contributed by atoms with E-state index in [0.717, 1.165) is 10.7 Å². The largest absolute Gasteiger partial charge is 0.362 e. The van der Waals surface area contributed by atoms with Gasteiger partial charge >= 0.3 is 0 Å². The van der Waals surface area contributed by atoms with Gasteiger partial charge in [0.05, 0.1) is 23.6 Å². The molecule has 9 heteroatoms. The molecular formula is C16H11Cl2N7. The molecule has 0 aromatic carbocycles.